The molecule has 0 aromatic heterocycles. The third-order valence-electron chi connectivity index (χ3n) is 2.09. The number of carbonyl (C=O) groups is 2. The average molecular weight is 280 g/mol. The van der Waals surface area contributed by atoms with E-state index >= 15 is 0 Å². The molecule has 114 valence electrons. The Morgan fingerprint density at radius 3 is 1.20 bits per heavy atom. The van der Waals surface area contributed by atoms with Crippen molar-refractivity contribution in [2.75, 3.05) is 10.6 Å². The van der Waals surface area contributed by atoms with Gasteiger partial charge in [-0.1, -0.05) is 41.5 Å². The van der Waals surface area contributed by atoms with E-state index in [-0.39, 0.29) is 11.8 Å². The van der Waals surface area contributed by atoms with Crippen molar-refractivity contribution in [3.05, 3.63) is 24.3 Å². The van der Waals surface area contributed by atoms with Crippen molar-refractivity contribution in [3.8, 4) is 0 Å². The monoisotopic (exact) mass is 280 g/mol. The smallest absolute Gasteiger partial charge is 0.224 e. The van der Waals surface area contributed by atoms with E-state index in [0.717, 1.165) is 11.4 Å². The minimum atomic E-state index is -0.0228. The van der Waals surface area contributed by atoms with Gasteiger partial charge in [0.25, 0.3) is 0 Å². The molecule has 0 spiro atoms. The van der Waals surface area contributed by atoms with Gasteiger partial charge in [-0.15, -0.1) is 0 Å². The number of amides is 2. The minimum Gasteiger partial charge on any atom is -0.326 e. The molecule has 1 aromatic carbocycles. The van der Waals surface area contributed by atoms with Crippen molar-refractivity contribution < 1.29 is 9.59 Å². The highest BCUT2D eigenvalue weighted by Gasteiger charge is 2.00. The molecule has 2 amide bonds. The van der Waals surface area contributed by atoms with Crippen LogP contribution in [-0.4, -0.2) is 11.8 Å². The maximum atomic E-state index is 11.1. The molecule has 0 saturated heterocycles. The lowest BCUT2D eigenvalue weighted by molar-refractivity contribution is -0.116. The predicted octanol–water partition coefficient (Wildman–Crippen LogP) is 4.44. The molecule has 0 aliphatic carbocycles. The van der Waals surface area contributed by atoms with Crippen LogP contribution in [-0.2, 0) is 9.59 Å². The Kier molecular flexibility index (Phi) is 13.9. The van der Waals surface area contributed by atoms with Gasteiger partial charge in [-0.05, 0) is 24.3 Å². The van der Waals surface area contributed by atoms with Crippen LogP contribution >= 0.6 is 0 Å². The van der Waals surface area contributed by atoms with Gasteiger partial charge in [0.05, 0.1) is 0 Å². The van der Waals surface area contributed by atoms with Gasteiger partial charge in [0, 0.05) is 24.2 Å². The lowest BCUT2D eigenvalue weighted by Gasteiger charge is -2.06. The summed E-state index contributed by atoms with van der Waals surface area (Å²) < 4.78 is 0. The van der Waals surface area contributed by atoms with Gasteiger partial charge < -0.3 is 10.6 Å². The second-order valence-corrected chi connectivity index (χ2v) is 3.38. The van der Waals surface area contributed by atoms with Crippen molar-refractivity contribution in [2.24, 2.45) is 0 Å². The molecule has 4 nitrogen and oxygen atoms in total. The van der Waals surface area contributed by atoms with Gasteiger partial charge in [-0.3, -0.25) is 9.59 Å². The molecule has 0 unspecified atom stereocenters. The average Bonchev–Trinajstić information content (AvgIpc) is 2.53. The zero-order valence-electron chi connectivity index (χ0n) is 13.5. The highest BCUT2D eigenvalue weighted by atomic mass is 16.2. The second-order valence-electron chi connectivity index (χ2n) is 3.38. The highest BCUT2D eigenvalue weighted by molar-refractivity contribution is 5.92. The molecule has 0 radical (unpaired) electrons. The molecular formula is C16H28N2O2. The number of nitrogens with one attached hydrogen (secondary N) is 2. The first kappa shape index (κ1) is 20.5. The van der Waals surface area contributed by atoms with Gasteiger partial charge in [-0.2, -0.15) is 0 Å². The Morgan fingerprint density at radius 1 is 0.750 bits per heavy atom. The summed E-state index contributed by atoms with van der Waals surface area (Å²) in [6.07, 6.45) is 0.905. The topological polar surface area (TPSA) is 58.2 Å². The molecule has 2 N–H and O–H groups in total. The molecule has 4 heteroatoms. The summed E-state index contributed by atoms with van der Waals surface area (Å²) in [6, 6.07) is 7.05. The van der Waals surface area contributed by atoms with Crippen molar-refractivity contribution in [1.82, 2.24) is 0 Å². The Balaban J connectivity index is 0. The SMILES string of the molecule is CC.CC.CCC(=O)Nc1ccc(NC(=O)CC)cc1. The number of benzene rings is 1. The summed E-state index contributed by atoms with van der Waals surface area (Å²) in [5, 5.41) is 5.47. The zero-order valence-corrected chi connectivity index (χ0v) is 13.5. The van der Waals surface area contributed by atoms with E-state index in [2.05, 4.69) is 10.6 Å². The number of hydrogen-bond donors (Lipinski definition) is 2. The highest BCUT2D eigenvalue weighted by Crippen LogP contribution is 2.13. The summed E-state index contributed by atoms with van der Waals surface area (Å²) in [7, 11) is 0. The first-order valence-corrected chi connectivity index (χ1v) is 7.35. The molecule has 0 aliphatic rings. The van der Waals surface area contributed by atoms with Gasteiger partial charge in [0.15, 0.2) is 0 Å². The third kappa shape index (κ3) is 9.14. The van der Waals surface area contributed by atoms with Crippen LogP contribution < -0.4 is 10.6 Å². The molecule has 0 atom stereocenters. The number of anilines is 2. The lowest BCUT2D eigenvalue weighted by atomic mass is 10.2. The van der Waals surface area contributed by atoms with E-state index in [1.807, 2.05) is 27.7 Å². The second kappa shape index (κ2) is 13.6. The van der Waals surface area contributed by atoms with Crippen LogP contribution in [0.25, 0.3) is 0 Å². The van der Waals surface area contributed by atoms with Crippen LogP contribution in [0.15, 0.2) is 24.3 Å². The molecular weight excluding hydrogens is 252 g/mol. The number of rotatable bonds is 4. The Labute approximate surface area is 123 Å². The maximum Gasteiger partial charge on any atom is 0.224 e. The Hall–Kier alpha value is -1.84. The minimum absolute atomic E-state index is 0.0228. The number of hydrogen-bond acceptors (Lipinski definition) is 2. The molecule has 0 aliphatic heterocycles. The predicted molar refractivity (Wildman–Crippen MR) is 87.0 cm³/mol. The molecule has 1 aromatic rings. The van der Waals surface area contributed by atoms with Gasteiger partial charge >= 0.3 is 0 Å². The van der Waals surface area contributed by atoms with Crippen LogP contribution in [0.1, 0.15) is 54.4 Å². The fraction of sp³-hybridized carbons (Fsp3) is 0.500. The van der Waals surface area contributed by atoms with E-state index in [9.17, 15) is 9.59 Å². The van der Waals surface area contributed by atoms with Gasteiger partial charge in [0.1, 0.15) is 0 Å². The van der Waals surface area contributed by atoms with Gasteiger partial charge in [-0.25, -0.2) is 0 Å². The van der Waals surface area contributed by atoms with E-state index in [1.165, 1.54) is 0 Å². The molecule has 0 fully saturated rings. The molecule has 0 heterocycles. The first-order valence-electron chi connectivity index (χ1n) is 7.35. The fourth-order valence-electron chi connectivity index (χ4n) is 1.14. The summed E-state index contributed by atoms with van der Waals surface area (Å²) in [5.41, 5.74) is 1.47. The Morgan fingerprint density at radius 2 is 1.00 bits per heavy atom. The number of carbonyl (C=O) groups excluding carboxylic acids is 2. The summed E-state index contributed by atoms with van der Waals surface area (Å²) in [6.45, 7) is 11.6. The van der Waals surface area contributed by atoms with Crippen molar-refractivity contribution >= 4 is 23.2 Å². The molecule has 0 bridgehead atoms. The third-order valence-corrected chi connectivity index (χ3v) is 2.09. The van der Waals surface area contributed by atoms with Crippen LogP contribution in [0.4, 0.5) is 11.4 Å². The summed E-state index contributed by atoms with van der Waals surface area (Å²) in [5.74, 6) is -0.0457. The Bertz CT molecular complexity index is 336. The van der Waals surface area contributed by atoms with Crippen molar-refractivity contribution in [1.29, 1.82) is 0 Å². The van der Waals surface area contributed by atoms with Crippen LogP contribution in [0.5, 0.6) is 0 Å². The van der Waals surface area contributed by atoms with Crippen molar-refractivity contribution in [3.63, 3.8) is 0 Å². The lowest BCUT2D eigenvalue weighted by Crippen LogP contribution is -2.11. The van der Waals surface area contributed by atoms with Crippen LogP contribution in [0, 0.1) is 0 Å². The van der Waals surface area contributed by atoms with E-state index in [4.69, 9.17) is 0 Å². The maximum absolute atomic E-state index is 11.1. The van der Waals surface area contributed by atoms with E-state index in [1.54, 1.807) is 38.1 Å². The molecule has 1 rings (SSSR count). The fourth-order valence-corrected chi connectivity index (χ4v) is 1.14. The molecule has 20 heavy (non-hydrogen) atoms. The van der Waals surface area contributed by atoms with Crippen LogP contribution in [0.2, 0.25) is 0 Å². The largest absolute Gasteiger partial charge is 0.326 e. The van der Waals surface area contributed by atoms with E-state index in [0.29, 0.717) is 12.8 Å². The van der Waals surface area contributed by atoms with Crippen LogP contribution in [0.3, 0.4) is 0 Å². The first-order chi connectivity index (χ1) is 9.65. The van der Waals surface area contributed by atoms with Gasteiger partial charge in [0.2, 0.25) is 11.8 Å². The summed E-state index contributed by atoms with van der Waals surface area (Å²) in [4.78, 5) is 22.2. The standard InChI is InChI=1S/C12H16N2O2.2C2H6/c1-3-11(15)13-9-5-7-10(8-6-9)14-12(16)4-2;2*1-2/h5-8H,3-4H2,1-2H3,(H,13,15)(H,14,16);2*1-2H3. The van der Waals surface area contributed by atoms with Crippen molar-refractivity contribution in [2.45, 2.75) is 54.4 Å². The zero-order chi connectivity index (χ0) is 16.0. The molecule has 0 saturated carbocycles. The quantitative estimate of drug-likeness (QED) is 0.856. The van der Waals surface area contributed by atoms with E-state index < -0.39 is 0 Å². The summed E-state index contributed by atoms with van der Waals surface area (Å²) >= 11 is 0. The normalized spacial score (nSPS) is 8.30.